The number of oxime groups is 1. The summed E-state index contributed by atoms with van der Waals surface area (Å²) in [5.41, 5.74) is 0.495. The zero-order valence-corrected chi connectivity index (χ0v) is 10.6. The van der Waals surface area contributed by atoms with Gasteiger partial charge in [-0.3, -0.25) is 14.6 Å². The Bertz CT molecular complexity index is 459. The SMILES string of the molecule is C/C(=N/O)C(=O)NCCCNC(=O)c1cccnc1. The number of nitrogens with zero attached hydrogens (tertiary/aromatic N) is 2. The van der Waals surface area contributed by atoms with Gasteiger partial charge >= 0.3 is 0 Å². The summed E-state index contributed by atoms with van der Waals surface area (Å²) in [5, 5.41) is 16.4. The van der Waals surface area contributed by atoms with Crippen molar-refractivity contribution in [2.75, 3.05) is 13.1 Å². The molecule has 0 unspecified atom stereocenters. The van der Waals surface area contributed by atoms with E-state index in [2.05, 4.69) is 20.8 Å². The van der Waals surface area contributed by atoms with E-state index in [4.69, 9.17) is 5.21 Å². The summed E-state index contributed by atoms with van der Waals surface area (Å²) in [6.45, 7) is 2.22. The summed E-state index contributed by atoms with van der Waals surface area (Å²) in [6, 6.07) is 3.36. The first-order chi connectivity index (χ1) is 9.15. The van der Waals surface area contributed by atoms with Crippen molar-refractivity contribution >= 4 is 17.5 Å². The lowest BCUT2D eigenvalue weighted by Gasteiger charge is -2.06. The van der Waals surface area contributed by atoms with Crippen molar-refractivity contribution in [2.24, 2.45) is 5.16 Å². The van der Waals surface area contributed by atoms with E-state index in [1.165, 1.54) is 13.1 Å². The third kappa shape index (κ3) is 5.15. The monoisotopic (exact) mass is 264 g/mol. The molecule has 0 aliphatic heterocycles. The summed E-state index contributed by atoms with van der Waals surface area (Å²) >= 11 is 0. The minimum absolute atomic E-state index is 0.000560. The van der Waals surface area contributed by atoms with E-state index in [1.54, 1.807) is 18.3 Å². The first kappa shape index (κ1) is 14.6. The summed E-state index contributed by atoms with van der Waals surface area (Å²) in [4.78, 5) is 26.6. The standard InChI is InChI=1S/C12H16N4O3/c1-9(16-19)11(17)14-6-3-7-15-12(18)10-4-2-5-13-8-10/h2,4-5,8,19H,3,6-7H2,1H3,(H,14,17)(H,15,18)/b16-9-. The number of carbonyl (C=O) groups is 2. The Hall–Kier alpha value is -2.44. The number of carbonyl (C=O) groups excluding carboxylic acids is 2. The Balaban J connectivity index is 2.18. The predicted molar refractivity (Wildman–Crippen MR) is 69.1 cm³/mol. The number of rotatable bonds is 6. The molecule has 0 atom stereocenters. The largest absolute Gasteiger partial charge is 0.410 e. The van der Waals surface area contributed by atoms with E-state index in [9.17, 15) is 9.59 Å². The molecule has 1 heterocycles. The minimum Gasteiger partial charge on any atom is -0.410 e. The number of amides is 2. The second-order valence-electron chi connectivity index (χ2n) is 3.79. The zero-order valence-electron chi connectivity index (χ0n) is 10.6. The van der Waals surface area contributed by atoms with Crippen LogP contribution in [0.4, 0.5) is 0 Å². The average Bonchev–Trinajstić information content (AvgIpc) is 2.46. The molecular weight excluding hydrogens is 248 g/mol. The number of pyridine rings is 1. The lowest BCUT2D eigenvalue weighted by Crippen LogP contribution is -2.33. The third-order valence-electron chi connectivity index (χ3n) is 2.33. The molecule has 0 saturated heterocycles. The molecule has 0 bridgehead atoms. The Morgan fingerprint density at radius 2 is 2.11 bits per heavy atom. The molecule has 19 heavy (non-hydrogen) atoms. The van der Waals surface area contributed by atoms with Crippen LogP contribution in [0.1, 0.15) is 23.7 Å². The molecule has 7 heteroatoms. The Labute approximate surface area is 110 Å². The van der Waals surface area contributed by atoms with Crippen molar-refractivity contribution in [3.63, 3.8) is 0 Å². The first-order valence-corrected chi connectivity index (χ1v) is 5.80. The van der Waals surface area contributed by atoms with Crippen LogP contribution >= 0.6 is 0 Å². The fourth-order valence-electron chi connectivity index (χ4n) is 1.26. The molecular formula is C12H16N4O3. The van der Waals surface area contributed by atoms with Crippen LogP contribution in [0.3, 0.4) is 0 Å². The molecule has 0 aliphatic rings. The van der Waals surface area contributed by atoms with Gasteiger partial charge in [-0.15, -0.1) is 0 Å². The van der Waals surface area contributed by atoms with E-state index in [-0.39, 0.29) is 11.6 Å². The van der Waals surface area contributed by atoms with Crippen molar-refractivity contribution in [1.29, 1.82) is 0 Å². The summed E-state index contributed by atoms with van der Waals surface area (Å²) < 4.78 is 0. The van der Waals surface area contributed by atoms with E-state index in [0.717, 1.165) is 0 Å². The predicted octanol–water partition coefficient (Wildman–Crippen LogP) is 0.168. The van der Waals surface area contributed by atoms with E-state index in [1.807, 2.05) is 0 Å². The van der Waals surface area contributed by atoms with E-state index < -0.39 is 5.91 Å². The molecule has 0 radical (unpaired) electrons. The molecule has 3 N–H and O–H groups in total. The van der Waals surface area contributed by atoms with Crippen LogP contribution in [0.5, 0.6) is 0 Å². The van der Waals surface area contributed by atoms with Gasteiger partial charge in [0.2, 0.25) is 0 Å². The highest BCUT2D eigenvalue weighted by molar-refractivity contribution is 6.37. The fraction of sp³-hybridized carbons (Fsp3) is 0.333. The van der Waals surface area contributed by atoms with Gasteiger partial charge in [0.15, 0.2) is 0 Å². The molecule has 1 aromatic heterocycles. The molecule has 0 fully saturated rings. The van der Waals surface area contributed by atoms with Gasteiger partial charge in [-0.05, 0) is 25.5 Å². The average molecular weight is 264 g/mol. The van der Waals surface area contributed by atoms with E-state index in [0.29, 0.717) is 25.1 Å². The number of aromatic nitrogens is 1. The highest BCUT2D eigenvalue weighted by Crippen LogP contribution is 1.94. The van der Waals surface area contributed by atoms with Crippen molar-refractivity contribution < 1.29 is 14.8 Å². The van der Waals surface area contributed by atoms with Crippen molar-refractivity contribution in [3.05, 3.63) is 30.1 Å². The molecule has 0 aliphatic carbocycles. The topological polar surface area (TPSA) is 104 Å². The van der Waals surface area contributed by atoms with Crippen LogP contribution < -0.4 is 10.6 Å². The van der Waals surface area contributed by atoms with Crippen molar-refractivity contribution in [1.82, 2.24) is 15.6 Å². The lowest BCUT2D eigenvalue weighted by atomic mass is 10.2. The Morgan fingerprint density at radius 3 is 2.74 bits per heavy atom. The number of hydrogen-bond acceptors (Lipinski definition) is 5. The van der Waals surface area contributed by atoms with Crippen molar-refractivity contribution in [3.8, 4) is 0 Å². The summed E-state index contributed by atoms with van der Waals surface area (Å²) in [5.74, 6) is -0.631. The van der Waals surface area contributed by atoms with Gasteiger partial charge < -0.3 is 15.8 Å². The highest BCUT2D eigenvalue weighted by atomic mass is 16.4. The van der Waals surface area contributed by atoms with Gasteiger partial charge in [0, 0.05) is 25.5 Å². The van der Waals surface area contributed by atoms with Gasteiger partial charge in [-0.25, -0.2) is 0 Å². The quantitative estimate of drug-likeness (QED) is 0.295. The second kappa shape index (κ2) is 7.80. The normalized spacial score (nSPS) is 10.9. The Morgan fingerprint density at radius 1 is 1.37 bits per heavy atom. The zero-order chi connectivity index (χ0) is 14.1. The van der Waals surface area contributed by atoms with Crippen LogP contribution in [-0.2, 0) is 4.79 Å². The maximum atomic E-state index is 11.6. The van der Waals surface area contributed by atoms with Crippen LogP contribution in [0.25, 0.3) is 0 Å². The molecule has 0 aromatic carbocycles. The summed E-state index contributed by atoms with van der Waals surface area (Å²) in [7, 11) is 0. The molecule has 1 rings (SSSR count). The smallest absolute Gasteiger partial charge is 0.268 e. The Kier molecular flexibility index (Phi) is 6.00. The highest BCUT2D eigenvalue weighted by Gasteiger charge is 2.06. The first-order valence-electron chi connectivity index (χ1n) is 5.80. The van der Waals surface area contributed by atoms with Crippen molar-refractivity contribution in [2.45, 2.75) is 13.3 Å². The van der Waals surface area contributed by atoms with Gasteiger partial charge in [0.25, 0.3) is 11.8 Å². The van der Waals surface area contributed by atoms with Crippen LogP contribution in [0, 0.1) is 0 Å². The van der Waals surface area contributed by atoms with Crippen LogP contribution in [0.15, 0.2) is 29.7 Å². The molecule has 7 nitrogen and oxygen atoms in total. The molecule has 0 spiro atoms. The maximum Gasteiger partial charge on any atom is 0.268 e. The number of hydrogen-bond donors (Lipinski definition) is 3. The second-order valence-corrected chi connectivity index (χ2v) is 3.79. The van der Waals surface area contributed by atoms with Gasteiger partial charge in [-0.2, -0.15) is 0 Å². The summed E-state index contributed by atoms with van der Waals surface area (Å²) in [6.07, 6.45) is 3.66. The third-order valence-corrected chi connectivity index (χ3v) is 2.33. The molecule has 102 valence electrons. The van der Waals surface area contributed by atoms with E-state index >= 15 is 0 Å². The van der Waals surface area contributed by atoms with Gasteiger partial charge in [0.05, 0.1) is 5.56 Å². The minimum atomic E-state index is -0.430. The maximum absolute atomic E-state index is 11.6. The van der Waals surface area contributed by atoms with Crippen LogP contribution in [0.2, 0.25) is 0 Å². The number of nitrogens with one attached hydrogen (secondary N) is 2. The van der Waals surface area contributed by atoms with Crippen LogP contribution in [-0.4, -0.2) is 40.8 Å². The molecule has 2 amide bonds. The van der Waals surface area contributed by atoms with Gasteiger partial charge in [0.1, 0.15) is 5.71 Å². The molecule has 1 aromatic rings. The fourth-order valence-corrected chi connectivity index (χ4v) is 1.26. The molecule has 0 saturated carbocycles. The van der Waals surface area contributed by atoms with Gasteiger partial charge in [-0.1, -0.05) is 5.16 Å². The lowest BCUT2D eigenvalue weighted by molar-refractivity contribution is -0.114.